The summed E-state index contributed by atoms with van der Waals surface area (Å²) in [5.74, 6) is 1.62. The van der Waals surface area contributed by atoms with Crippen LogP contribution in [-0.2, 0) is 4.79 Å². The Morgan fingerprint density at radius 3 is 2.70 bits per heavy atom. The number of hydrogen-bond donors (Lipinski definition) is 1. The van der Waals surface area contributed by atoms with E-state index in [1.54, 1.807) is 0 Å². The summed E-state index contributed by atoms with van der Waals surface area (Å²) in [5, 5.41) is 5.10. The normalized spacial score (nSPS) is 22.0. The number of fused-ring (bicyclic) bond motifs is 5. The van der Waals surface area contributed by atoms with Crippen LogP contribution in [0.15, 0.2) is 53.7 Å². The van der Waals surface area contributed by atoms with E-state index in [9.17, 15) is 4.79 Å². The Hall–Kier alpha value is -2.60. The molecule has 30 heavy (non-hydrogen) atoms. The van der Waals surface area contributed by atoms with Gasteiger partial charge in [0.1, 0.15) is 5.65 Å². The minimum atomic E-state index is 0.0819. The number of amides is 1. The maximum absolute atomic E-state index is 12.8. The van der Waals surface area contributed by atoms with E-state index >= 15 is 0 Å². The lowest BCUT2D eigenvalue weighted by Crippen LogP contribution is -2.44. The van der Waals surface area contributed by atoms with Crippen molar-refractivity contribution in [3.63, 3.8) is 0 Å². The molecule has 0 bridgehead atoms. The second-order valence-corrected chi connectivity index (χ2v) is 9.34. The van der Waals surface area contributed by atoms with Crippen LogP contribution in [0.25, 0.3) is 27.6 Å². The van der Waals surface area contributed by atoms with Gasteiger partial charge in [0.05, 0.1) is 22.3 Å². The van der Waals surface area contributed by atoms with E-state index in [-0.39, 0.29) is 11.9 Å². The van der Waals surface area contributed by atoms with Crippen LogP contribution in [0, 0.1) is 11.8 Å². The Balaban J connectivity index is 1.45. The van der Waals surface area contributed by atoms with Crippen molar-refractivity contribution < 1.29 is 4.79 Å². The zero-order valence-corrected chi connectivity index (χ0v) is 18.2. The van der Waals surface area contributed by atoms with Crippen LogP contribution in [0.1, 0.15) is 33.1 Å². The van der Waals surface area contributed by atoms with Crippen LogP contribution >= 0.6 is 11.8 Å². The van der Waals surface area contributed by atoms with Gasteiger partial charge in [0.25, 0.3) is 0 Å². The molecule has 1 fully saturated rings. The first kappa shape index (κ1) is 19.4. The molecule has 2 heterocycles. The highest BCUT2D eigenvalue weighted by Gasteiger charge is 2.28. The largest absolute Gasteiger partial charge is 0.352 e. The minimum Gasteiger partial charge on any atom is -0.352 e. The Morgan fingerprint density at radius 2 is 1.83 bits per heavy atom. The van der Waals surface area contributed by atoms with E-state index in [2.05, 4.69) is 35.7 Å². The molecule has 1 aliphatic rings. The van der Waals surface area contributed by atoms with Crippen LogP contribution in [0.4, 0.5) is 0 Å². The lowest BCUT2D eigenvalue weighted by Gasteiger charge is -2.34. The van der Waals surface area contributed by atoms with E-state index in [4.69, 9.17) is 9.97 Å². The summed E-state index contributed by atoms with van der Waals surface area (Å²) in [6.45, 7) is 4.55. The van der Waals surface area contributed by atoms with Crippen molar-refractivity contribution in [3.05, 3.63) is 48.5 Å². The van der Waals surface area contributed by atoms with Gasteiger partial charge in [0, 0.05) is 11.4 Å². The third-order valence-electron chi connectivity index (χ3n) is 6.50. The maximum Gasteiger partial charge on any atom is 0.230 e. The predicted molar refractivity (Wildman–Crippen MR) is 123 cm³/mol. The van der Waals surface area contributed by atoms with Crippen molar-refractivity contribution in [1.29, 1.82) is 0 Å². The smallest absolute Gasteiger partial charge is 0.230 e. The highest BCUT2D eigenvalue weighted by atomic mass is 32.2. The van der Waals surface area contributed by atoms with E-state index in [1.807, 2.05) is 36.4 Å². The van der Waals surface area contributed by atoms with Gasteiger partial charge in [-0.1, -0.05) is 62.7 Å². The summed E-state index contributed by atoms with van der Waals surface area (Å²) in [6, 6.07) is 16.4. The molecule has 154 valence electrons. The lowest BCUT2D eigenvalue weighted by molar-refractivity contribution is -0.120. The minimum absolute atomic E-state index is 0.0819. The van der Waals surface area contributed by atoms with Crippen LogP contribution in [0.2, 0.25) is 0 Å². The topological polar surface area (TPSA) is 59.3 Å². The van der Waals surface area contributed by atoms with Gasteiger partial charge in [0.15, 0.2) is 5.16 Å². The number of imidazole rings is 1. The van der Waals surface area contributed by atoms with Crippen LogP contribution in [0.3, 0.4) is 0 Å². The number of nitrogens with zero attached hydrogens (tertiary/aromatic N) is 3. The standard InChI is InChI=1S/C24H26N4OS/c1-15-8-7-12-18(16(15)2)25-22(29)14-30-24-27-19-10-4-3-9-17(19)23-26-20-11-5-6-13-21(20)28(23)24/h3-6,9-11,13,15-16,18H,7-8,12,14H2,1-2H3,(H,25,29)/t15-,16-,18+/m1/s1. The van der Waals surface area contributed by atoms with Crippen molar-refractivity contribution in [1.82, 2.24) is 19.7 Å². The SMILES string of the molecule is C[C@@H]1[C@H](C)CCC[C@@H]1NC(=O)CSc1nc2ccccc2c2nc3ccccc3n12. The summed E-state index contributed by atoms with van der Waals surface area (Å²) >= 11 is 1.48. The fraction of sp³-hybridized carbons (Fsp3) is 0.375. The maximum atomic E-state index is 12.8. The number of carbonyl (C=O) groups is 1. The van der Waals surface area contributed by atoms with Crippen LogP contribution in [-0.4, -0.2) is 32.1 Å². The highest BCUT2D eigenvalue weighted by Crippen LogP contribution is 2.31. The van der Waals surface area contributed by atoms with Gasteiger partial charge in [-0.25, -0.2) is 9.97 Å². The fourth-order valence-electron chi connectivity index (χ4n) is 4.57. The molecule has 0 unspecified atom stereocenters. The summed E-state index contributed by atoms with van der Waals surface area (Å²) < 4.78 is 2.08. The molecule has 1 amide bonds. The van der Waals surface area contributed by atoms with E-state index < -0.39 is 0 Å². The first-order valence-corrected chi connectivity index (χ1v) is 11.7. The quantitative estimate of drug-likeness (QED) is 0.371. The number of rotatable bonds is 4. The Morgan fingerprint density at radius 1 is 1.07 bits per heavy atom. The molecule has 3 atom stereocenters. The molecule has 0 spiro atoms. The molecule has 0 aliphatic heterocycles. The number of benzene rings is 2. The molecule has 1 N–H and O–H groups in total. The van der Waals surface area contributed by atoms with Gasteiger partial charge in [-0.2, -0.15) is 0 Å². The van der Waals surface area contributed by atoms with Crippen LogP contribution < -0.4 is 5.32 Å². The molecule has 0 saturated heterocycles. The summed E-state index contributed by atoms with van der Waals surface area (Å²) in [5.41, 5.74) is 3.74. The number of nitrogens with one attached hydrogen (secondary N) is 1. The zero-order chi connectivity index (χ0) is 20.7. The van der Waals surface area contributed by atoms with E-state index in [0.29, 0.717) is 17.6 Å². The van der Waals surface area contributed by atoms with Crippen molar-refractivity contribution >= 4 is 45.3 Å². The Bertz CT molecular complexity index is 1230. The molecule has 1 aliphatic carbocycles. The average Bonchev–Trinajstić information content (AvgIpc) is 3.15. The van der Waals surface area contributed by atoms with Crippen molar-refractivity contribution in [2.45, 2.75) is 44.3 Å². The number of hydrogen-bond acceptors (Lipinski definition) is 4. The third kappa shape index (κ3) is 3.43. The number of aromatic nitrogens is 3. The first-order chi connectivity index (χ1) is 14.6. The lowest BCUT2D eigenvalue weighted by atomic mass is 9.78. The predicted octanol–water partition coefficient (Wildman–Crippen LogP) is 5.07. The average molecular weight is 419 g/mol. The van der Waals surface area contributed by atoms with Gasteiger partial charge < -0.3 is 5.32 Å². The molecule has 5 nitrogen and oxygen atoms in total. The molecule has 2 aromatic heterocycles. The molecular weight excluding hydrogens is 392 g/mol. The monoisotopic (exact) mass is 418 g/mol. The van der Waals surface area contributed by atoms with Crippen molar-refractivity contribution in [3.8, 4) is 0 Å². The molecule has 6 heteroatoms. The van der Waals surface area contributed by atoms with Gasteiger partial charge >= 0.3 is 0 Å². The van der Waals surface area contributed by atoms with Gasteiger partial charge in [-0.3, -0.25) is 9.20 Å². The van der Waals surface area contributed by atoms with Crippen LogP contribution in [0.5, 0.6) is 0 Å². The number of para-hydroxylation sites is 3. The fourth-order valence-corrected chi connectivity index (χ4v) is 5.39. The first-order valence-electron chi connectivity index (χ1n) is 10.7. The second-order valence-electron chi connectivity index (χ2n) is 8.40. The summed E-state index contributed by atoms with van der Waals surface area (Å²) in [6.07, 6.45) is 3.53. The number of carbonyl (C=O) groups excluding carboxylic acids is 1. The molecule has 0 radical (unpaired) electrons. The van der Waals surface area contributed by atoms with Gasteiger partial charge in [-0.15, -0.1) is 0 Å². The van der Waals surface area contributed by atoms with Gasteiger partial charge in [-0.05, 0) is 42.5 Å². The van der Waals surface area contributed by atoms with Crippen molar-refractivity contribution in [2.75, 3.05) is 5.75 Å². The Kier molecular flexibility index (Phi) is 5.11. The molecule has 2 aromatic carbocycles. The Labute approximate surface area is 180 Å². The molecular formula is C24H26N4OS. The second kappa shape index (κ2) is 7.91. The third-order valence-corrected chi connectivity index (χ3v) is 7.44. The van der Waals surface area contributed by atoms with E-state index in [0.717, 1.165) is 39.2 Å². The number of thioether (sulfide) groups is 1. The van der Waals surface area contributed by atoms with Gasteiger partial charge in [0.2, 0.25) is 5.91 Å². The zero-order valence-electron chi connectivity index (χ0n) is 17.3. The molecule has 1 saturated carbocycles. The highest BCUT2D eigenvalue weighted by molar-refractivity contribution is 7.99. The van der Waals surface area contributed by atoms with E-state index in [1.165, 1.54) is 24.6 Å². The van der Waals surface area contributed by atoms with Crippen molar-refractivity contribution in [2.24, 2.45) is 11.8 Å². The summed E-state index contributed by atoms with van der Waals surface area (Å²) in [4.78, 5) is 22.5. The molecule has 5 rings (SSSR count). The molecule has 4 aromatic rings. The summed E-state index contributed by atoms with van der Waals surface area (Å²) in [7, 11) is 0.